The van der Waals surface area contributed by atoms with Gasteiger partial charge in [0.2, 0.25) is 5.91 Å². The molecule has 8 nitrogen and oxygen atoms in total. The molecule has 0 saturated carbocycles. The highest BCUT2D eigenvalue weighted by Gasteiger charge is 2.42. The first-order valence-electron chi connectivity index (χ1n) is 13.7. The number of hydrogen-bond donors (Lipinski definition) is 0. The van der Waals surface area contributed by atoms with Gasteiger partial charge in [0.1, 0.15) is 18.4 Å². The topological polar surface area (TPSA) is 79.4 Å². The molecule has 2 aromatic carbocycles. The number of imide groups is 1. The van der Waals surface area contributed by atoms with Crippen LogP contribution in [0, 0.1) is 0 Å². The van der Waals surface area contributed by atoms with E-state index in [1.54, 1.807) is 0 Å². The fourth-order valence-corrected chi connectivity index (χ4v) is 4.15. The number of benzene rings is 2. The Kier molecular flexibility index (Phi) is 4.85. The van der Waals surface area contributed by atoms with Crippen molar-refractivity contribution < 1.29 is 30.7 Å². The molecule has 3 aliphatic rings. The van der Waals surface area contributed by atoms with E-state index in [4.69, 9.17) is 16.3 Å². The number of hydrogen-bond acceptors (Lipinski definition) is 6. The number of ether oxygens (including phenoxy) is 2. The molecule has 8 heteroatoms. The third kappa shape index (κ3) is 4.43. The molecule has 0 aromatic heterocycles. The van der Waals surface area contributed by atoms with E-state index in [2.05, 4.69) is 4.90 Å². The number of fused-ring (bicyclic) bond motifs is 1. The number of nitrogens with zero attached hydrogens (tertiary/aromatic N) is 3. The van der Waals surface area contributed by atoms with Crippen LogP contribution in [-0.4, -0.2) is 71.8 Å². The molecule has 3 aliphatic heterocycles. The summed E-state index contributed by atoms with van der Waals surface area (Å²) in [6, 6.07) is 9.55. The summed E-state index contributed by atoms with van der Waals surface area (Å²) in [5.74, 6) is -3.19. The Bertz CT molecular complexity index is 1320. The highest BCUT2D eigenvalue weighted by Crippen LogP contribution is 2.34. The minimum Gasteiger partial charge on any atom is -0.489 e. The largest absolute Gasteiger partial charge is 0.489 e. The molecule has 3 heterocycles. The Morgan fingerprint density at radius 2 is 1.82 bits per heavy atom. The number of amides is 3. The van der Waals surface area contributed by atoms with Crippen molar-refractivity contribution in [2.24, 2.45) is 0 Å². The smallest absolute Gasteiger partial charge is 0.255 e. The van der Waals surface area contributed by atoms with Crippen LogP contribution in [0.3, 0.4) is 0 Å². The summed E-state index contributed by atoms with van der Waals surface area (Å²) in [7, 11) is 1.02. The van der Waals surface area contributed by atoms with Crippen molar-refractivity contribution in [1.82, 2.24) is 14.7 Å². The van der Waals surface area contributed by atoms with Crippen molar-refractivity contribution in [3.8, 4) is 5.75 Å². The number of likely N-dealkylation sites (N-methyl/N-ethyl adjacent to an activating group) is 1. The zero-order valence-electron chi connectivity index (χ0n) is 23.9. The third-order valence-corrected chi connectivity index (χ3v) is 6.14. The van der Waals surface area contributed by atoms with Gasteiger partial charge in [0.05, 0.1) is 23.8 Å². The highest BCUT2D eigenvalue weighted by molar-refractivity contribution is 6.05. The van der Waals surface area contributed by atoms with E-state index in [9.17, 15) is 14.4 Å². The van der Waals surface area contributed by atoms with Gasteiger partial charge in [-0.05, 0) is 29.7 Å². The lowest BCUT2D eigenvalue weighted by atomic mass is 10.0. The minimum absolute atomic E-state index is 0.0741. The first-order chi connectivity index (χ1) is 18.4. The Morgan fingerprint density at radius 1 is 1.09 bits per heavy atom. The second-order valence-electron chi connectivity index (χ2n) is 8.39. The van der Waals surface area contributed by atoms with Crippen LogP contribution in [0.2, 0.25) is 0 Å². The van der Waals surface area contributed by atoms with Crippen LogP contribution in [0.1, 0.15) is 46.7 Å². The van der Waals surface area contributed by atoms with Crippen LogP contribution in [0.15, 0.2) is 42.5 Å². The van der Waals surface area contributed by atoms with Gasteiger partial charge < -0.3 is 14.4 Å². The first-order valence-corrected chi connectivity index (χ1v) is 11.2. The predicted molar refractivity (Wildman–Crippen MR) is 124 cm³/mol. The average Bonchev–Trinajstić information content (AvgIpc) is 3.12. The van der Waals surface area contributed by atoms with E-state index in [1.165, 1.54) is 18.2 Å². The van der Waals surface area contributed by atoms with Crippen molar-refractivity contribution in [3.63, 3.8) is 0 Å². The molecule has 1 atom stereocenters. The van der Waals surface area contributed by atoms with Crippen molar-refractivity contribution in [1.29, 1.82) is 0 Å². The molecule has 2 saturated heterocycles. The molecule has 5 rings (SSSR count). The van der Waals surface area contributed by atoms with Gasteiger partial charge in [0.15, 0.2) is 0 Å². The molecule has 34 heavy (non-hydrogen) atoms. The van der Waals surface area contributed by atoms with Crippen molar-refractivity contribution >= 4 is 17.7 Å². The Morgan fingerprint density at radius 3 is 2.59 bits per heavy atom. The van der Waals surface area contributed by atoms with Gasteiger partial charge in [-0.15, -0.1) is 0 Å². The summed E-state index contributed by atoms with van der Waals surface area (Å²) in [5, 5.41) is 0. The average molecular weight is 469 g/mol. The van der Waals surface area contributed by atoms with Crippen LogP contribution in [0.5, 0.6) is 5.75 Å². The zero-order valence-corrected chi connectivity index (χ0v) is 18.9. The highest BCUT2D eigenvalue weighted by atomic mass is 16.5. The second-order valence-corrected chi connectivity index (χ2v) is 8.39. The van der Waals surface area contributed by atoms with Crippen molar-refractivity contribution in [2.75, 3.05) is 33.4 Å². The van der Waals surface area contributed by atoms with Gasteiger partial charge in [-0.1, -0.05) is 30.3 Å². The molecule has 0 bridgehead atoms. The molecule has 0 N–H and O–H groups in total. The van der Waals surface area contributed by atoms with Gasteiger partial charge in [-0.3, -0.25) is 24.2 Å². The van der Waals surface area contributed by atoms with Crippen LogP contribution < -0.4 is 4.74 Å². The summed E-state index contributed by atoms with van der Waals surface area (Å²) in [4.78, 5) is 41.9. The van der Waals surface area contributed by atoms with Crippen LogP contribution >= 0.6 is 0 Å². The summed E-state index contributed by atoms with van der Waals surface area (Å²) < 4.78 is 53.8. The normalized spacial score (nSPS) is 28.5. The van der Waals surface area contributed by atoms with E-state index in [0.29, 0.717) is 9.80 Å². The lowest BCUT2D eigenvalue weighted by Gasteiger charge is -2.33. The standard InChI is InChI=1S/C26H29N3O5/c1-27-24(30)10-9-22(26(27)32)29-16-21-20(25(29)31)3-2-4-23(21)34-17-19-7-5-18(6-8-19)15-28-11-13-33-14-12-28/h2-8,22H,9-17H2,1H3/t22-/m0/s1/i10D2,16D2,22D. The SMILES string of the molecule is [2H]C1([2H])C[C@]([2H])(N2C(=O)c3cccc(OCc4ccc(CN5CCOCC5)cc4)c3C2([2H])[2H])C(=O)N(C)C1=O. The van der Waals surface area contributed by atoms with E-state index in [0.717, 1.165) is 51.0 Å². The first kappa shape index (κ1) is 17.2. The number of carbonyl (C=O) groups excluding carboxylic acids is 3. The number of morpholine rings is 1. The number of likely N-dealkylation sites (tertiary alicyclic amines) is 1. The fraction of sp³-hybridized carbons (Fsp3) is 0.423. The molecule has 0 radical (unpaired) electrons. The molecular weight excluding hydrogens is 434 g/mol. The molecule has 3 amide bonds. The molecular formula is C26H29N3O5. The van der Waals surface area contributed by atoms with Gasteiger partial charge in [0.25, 0.3) is 11.8 Å². The summed E-state index contributed by atoms with van der Waals surface area (Å²) in [6.45, 7) is 1.41. The summed E-state index contributed by atoms with van der Waals surface area (Å²) >= 11 is 0. The Hall–Kier alpha value is -3.23. The summed E-state index contributed by atoms with van der Waals surface area (Å²) in [5.41, 5.74) is 1.74. The molecule has 2 fully saturated rings. The maximum Gasteiger partial charge on any atom is 0.255 e. The Balaban J connectivity index is 1.37. The summed E-state index contributed by atoms with van der Waals surface area (Å²) in [6.07, 6.45) is -3.63. The number of carbonyl (C=O) groups is 3. The minimum atomic E-state index is -2.68. The maximum absolute atomic E-state index is 13.4. The van der Waals surface area contributed by atoms with Crippen LogP contribution in [0.25, 0.3) is 0 Å². The van der Waals surface area contributed by atoms with Gasteiger partial charge in [0, 0.05) is 46.9 Å². The van der Waals surface area contributed by atoms with E-state index < -0.39 is 43.0 Å². The predicted octanol–water partition coefficient (Wildman–Crippen LogP) is 2.20. The molecule has 0 aliphatic carbocycles. The van der Waals surface area contributed by atoms with Gasteiger partial charge >= 0.3 is 0 Å². The van der Waals surface area contributed by atoms with Crippen LogP contribution in [0.4, 0.5) is 0 Å². The van der Waals surface area contributed by atoms with E-state index in [-0.39, 0.29) is 23.5 Å². The number of piperidine rings is 1. The molecule has 0 spiro atoms. The molecule has 0 unspecified atom stereocenters. The fourth-order valence-electron chi connectivity index (χ4n) is 4.15. The maximum atomic E-state index is 13.4. The van der Waals surface area contributed by atoms with Crippen LogP contribution in [-0.2, 0) is 34.0 Å². The van der Waals surface area contributed by atoms with E-state index >= 15 is 0 Å². The zero-order chi connectivity index (χ0) is 28.2. The monoisotopic (exact) mass is 468 g/mol. The quantitative estimate of drug-likeness (QED) is 0.605. The third-order valence-electron chi connectivity index (χ3n) is 6.14. The second kappa shape index (κ2) is 9.56. The lowest BCUT2D eigenvalue weighted by Crippen LogP contribution is -2.53. The van der Waals surface area contributed by atoms with Gasteiger partial charge in [-0.25, -0.2) is 0 Å². The molecule has 2 aromatic rings. The van der Waals surface area contributed by atoms with Crippen molar-refractivity contribution in [3.05, 3.63) is 64.7 Å². The van der Waals surface area contributed by atoms with Crippen molar-refractivity contribution in [2.45, 2.75) is 38.5 Å². The van der Waals surface area contributed by atoms with E-state index in [1.807, 2.05) is 24.3 Å². The lowest BCUT2D eigenvalue weighted by molar-refractivity contribution is -0.150. The Labute approximate surface area is 206 Å². The molecule has 178 valence electrons. The number of rotatable bonds is 6. The van der Waals surface area contributed by atoms with Gasteiger partial charge in [-0.2, -0.15) is 0 Å².